The van der Waals surface area contributed by atoms with Crippen molar-refractivity contribution in [2.45, 2.75) is 12.5 Å². The van der Waals surface area contributed by atoms with E-state index in [-0.39, 0.29) is 6.10 Å². The molecule has 1 rings (SSSR count). The standard InChI is InChI=1S/C10H11Br3O/c11-5-4-10(7-12)14-9-3-1-2-8(13)6-9/h1-3,6,10H,4-5,7H2/t10-/m1/s1. The lowest BCUT2D eigenvalue weighted by atomic mass is 10.3. The number of benzene rings is 1. The summed E-state index contributed by atoms with van der Waals surface area (Å²) in [6.07, 6.45) is 1.22. The molecule has 0 N–H and O–H groups in total. The van der Waals surface area contributed by atoms with Crippen LogP contribution in [0.25, 0.3) is 0 Å². The molecule has 0 saturated heterocycles. The fourth-order valence-corrected chi connectivity index (χ4v) is 2.37. The third-order valence-corrected chi connectivity index (χ3v) is 3.38. The van der Waals surface area contributed by atoms with Crippen LogP contribution in [0.4, 0.5) is 0 Å². The Hall–Kier alpha value is 0.460. The Morgan fingerprint density at radius 2 is 2.07 bits per heavy atom. The Balaban J connectivity index is 2.57. The van der Waals surface area contributed by atoms with Gasteiger partial charge in [0.05, 0.1) is 0 Å². The summed E-state index contributed by atoms with van der Waals surface area (Å²) in [7, 11) is 0. The lowest BCUT2D eigenvalue weighted by molar-refractivity contribution is 0.225. The quantitative estimate of drug-likeness (QED) is 0.682. The van der Waals surface area contributed by atoms with Crippen molar-refractivity contribution < 1.29 is 4.74 Å². The topological polar surface area (TPSA) is 9.23 Å². The lowest BCUT2D eigenvalue weighted by Gasteiger charge is -2.15. The van der Waals surface area contributed by atoms with Crippen LogP contribution in [-0.4, -0.2) is 16.8 Å². The molecule has 78 valence electrons. The zero-order valence-corrected chi connectivity index (χ0v) is 12.3. The van der Waals surface area contributed by atoms with Gasteiger partial charge in [-0.2, -0.15) is 0 Å². The molecular formula is C10H11Br3O. The smallest absolute Gasteiger partial charge is 0.120 e. The molecule has 0 aromatic heterocycles. The van der Waals surface area contributed by atoms with Crippen molar-refractivity contribution >= 4 is 47.8 Å². The van der Waals surface area contributed by atoms with Crippen LogP contribution >= 0.6 is 47.8 Å². The minimum absolute atomic E-state index is 0.226. The minimum atomic E-state index is 0.226. The molecule has 0 aliphatic rings. The number of alkyl halides is 2. The van der Waals surface area contributed by atoms with Gasteiger partial charge in [-0.05, 0) is 24.6 Å². The highest BCUT2D eigenvalue weighted by molar-refractivity contribution is 9.10. The van der Waals surface area contributed by atoms with Gasteiger partial charge in [-0.15, -0.1) is 0 Å². The predicted molar refractivity (Wildman–Crippen MR) is 70.8 cm³/mol. The number of hydrogen-bond donors (Lipinski definition) is 0. The second kappa shape index (κ2) is 6.85. The molecule has 0 bridgehead atoms. The van der Waals surface area contributed by atoms with Crippen LogP contribution in [0.15, 0.2) is 28.7 Å². The first-order valence-electron chi connectivity index (χ1n) is 4.30. The van der Waals surface area contributed by atoms with Crippen LogP contribution in [-0.2, 0) is 0 Å². The number of ether oxygens (including phenoxy) is 1. The van der Waals surface area contributed by atoms with E-state index in [1.165, 1.54) is 0 Å². The van der Waals surface area contributed by atoms with Crippen molar-refractivity contribution in [3.8, 4) is 5.75 Å². The Bertz CT molecular complexity index is 278. The molecule has 1 nitrogen and oxygen atoms in total. The Labute approximate surface area is 110 Å². The molecule has 1 aromatic rings. The van der Waals surface area contributed by atoms with Crippen molar-refractivity contribution in [1.29, 1.82) is 0 Å². The van der Waals surface area contributed by atoms with E-state index in [9.17, 15) is 0 Å². The van der Waals surface area contributed by atoms with Crippen LogP contribution in [0.3, 0.4) is 0 Å². The molecule has 0 fully saturated rings. The van der Waals surface area contributed by atoms with Gasteiger partial charge in [0, 0.05) is 15.1 Å². The molecule has 0 heterocycles. The van der Waals surface area contributed by atoms with Gasteiger partial charge in [-0.1, -0.05) is 53.9 Å². The molecule has 14 heavy (non-hydrogen) atoms. The Morgan fingerprint density at radius 1 is 1.29 bits per heavy atom. The van der Waals surface area contributed by atoms with Crippen molar-refractivity contribution in [3.05, 3.63) is 28.7 Å². The van der Waals surface area contributed by atoms with Crippen molar-refractivity contribution in [3.63, 3.8) is 0 Å². The van der Waals surface area contributed by atoms with Gasteiger partial charge in [0.25, 0.3) is 0 Å². The fourth-order valence-electron chi connectivity index (χ4n) is 1.02. The molecule has 0 unspecified atom stereocenters. The molecule has 0 saturated carbocycles. The van der Waals surface area contributed by atoms with E-state index in [0.717, 1.165) is 27.3 Å². The summed E-state index contributed by atoms with van der Waals surface area (Å²) in [4.78, 5) is 0. The first-order valence-corrected chi connectivity index (χ1v) is 7.34. The predicted octanol–water partition coefficient (Wildman–Crippen LogP) is 4.38. The van der Waals surface area contributed by atoms with Crippen LogP contribution in [0.1, 0.15) is 6.42 Å². The first kappa shape index (κ1) is 12.5. The largest absolute Gasteiger partial charge is 0.489 e. The molecule has 0 aliphatic carbocycles. The van der Waals surface area contributed by atoms with E-state index in [0.29, 0.717) is 0 Å². The molecule has 0 radical (unpaired) electrons. The van der Waals surface area contributed by atoms with Gasteiger partial charge in [0.15, 0.2) is 0 Å². The maximum atomic E-state index is 5.78. The molecule has 0 spiro atoms. The Kier molecular flexibility index (Phi) is 6.13. The van der Waals surface area contributed by atoms with Crippen LogP contribution < -0.4 is 4.74 Å². The number of halogens is 3. The van der Waals surface area contributed by atoms with E-state index in [4.69, 9.17) is 4.74 Å². The highest BCUT2D eigenvalue weighted by Crippen LogP contribution is 2.20. The first-order chi connectivity index (χ1) is 6.76. The molecule has 1 atom stereocenters. The number of rotatable bonds is 5. The van der Waals surface area contributed by atoms with Crippen molar-refractivity contribution in [1.82, 2.24) is 0 Å². The lowest BCUT2D eigenvalue weighted by Crippen LogP contribution is -2.18. The summed E-state index contributed by atoms with van der Waals surface area (Å²) in [5, 5.41) is 1.81. The monoisotopic (exact) mass is 384 g/mol. The zero-order chi connectivity index (χ0) is 10.4. The van der Waals surface area contributed by atoms with Crippen LogP contribution in [0.2, 0.25) is 0 Å². The molecule has 4 heteroatoms. The summed E-state index contributed by atoms with van der Waals surface area (Å²) in [6, 6.07) is 7.90. The Morgan fingerprint density at radius 3 is 2.64 bits per heavy atom. The minimum Gasteiger partial charge on any atom is -0.489 e. The summed E-state index contributed by atoms with van der Waals surface area (Å²) >= 11 is 10.3. The van der Waals surface area contributed by atoms with Crippen LogP contribution in [0.5, 0.6) is 5.75 Å². The summed E-state index contributed by atoms with van der Waals surface area (Å²) in [5.74, 6) is 0.907. The highest BCUT2D eigenvalue weighted by atomic mass is 79.9. The van der Waals surface area contributed by atoms with Gasteiger partial charge in [0.2, 0.25) is 0 Å². The van der Waals surface area contributed by atoms with E-state index in [2.05, 4.69) is 47.8 Å². The van der Waals surface area contributed by atoms with E-state index in [1.54, 1.807) is 0 Å². The van der Waals surface area contributed by atoms with E-state index < -0.39 is 0 Å². The average molecular weight is 387 g/mol. The summed E-state index contributed by atoms with van der Waals surface area (Å²) in [6.45, 7) is 0. The maximum absolute atomic E-state index is 5.78. The van der Waals surface area contributed by atoms with E-state index in [1.807, 2.05) is 24.3 Å². The fraction of sp³-hybridized carbons (Fsp3) is 0.400. The zero-order valence-electron chi connectivity index (χ0n) is 7.55. The maximum Gasteiger partial charge on any atom is 0.120 e. The molecule has 0 aliphatic heterocycles. The third-order valence-electron chi connectivity index (χ3n) is 1.70. The van der Waals surface area contributed by atoms with Gasteiger partial charge in [0.1, 0.15) is 11.9 Å². The van der Waals surface area contributed by atoms with Crippen molar-refractivity contribution in [2.24, 2.45) is 0 Å². The molecular weight excluding hydrogens is 376 g/mol. The van der Waals surface area contributed by atoms with Crippen molar-refractivity contribution in [2.75, 3.05) is 10.7 Å². The van der Waals surface area contributed by atoms with Crippen LogP contribution in [0, 0.1) is 0 Å². The van der Waals surface area contributed by atoms with E-state index >= 15 is 0 Å². The number of hydrogen-bond acceptors (Lipinski definition) is 1. The molecule has 0 amide bonds. The van der Waals surface area contributed by atoms with Gasteiger partial charge < -0.3 is 4.74 Å². The van der Waals surface area contributed by atoms with Gasteiger partial charge in [-0.25, -0.2) is 0 Å². The molecule has 1 aromatic carbocycles. The highest BCUT2D eigenvalue weighted by Gasteiger charge is 2.07. The van der Waals surface area contributed by atoms with Gasteiger partial charge >= 0.3 is 0 Å². The third kappa shape index (κ3) is 4.32. The average Bonchev–Trinajstić information content (AvgIpc) is 2.17. The van der Waals surface area contributed by atoms with Gasteiger partial charge in [-0.3, -0.25) is 0 Å². The second-order valence-corrected chi connectivity index (χ2v) is 5.19. The summed E-state index contributed by atoms with van der Waals surface area (Å²) < 4.78 is 6.82. The normalized spacial score (nSPS) is 12.5. The summed E-state index contributed by atoms with van der Waals surface area (Å²) in [5.41, 5.74) is 0. The SMILES string of the molecule is BrCC[C@H](CBr)Oc1cccc(Br)c1. The second-order valence-electron chi connectivity index (χ2n) is 2.83.